The molecule has 1 N–H and O–H groups in total. The van der Waals surface area contributed by atoms with E-state index in [1.165, 1.54) is 0 Å². The Morgan fingerprint density at radius 2 is 1.95 bits per heavy atom. The summed E-state index contributed by atoms with van der Waals surface area (Å²) in [7, 11) is 1.62. The molecule has 0 radical (unpaired) electrons. The third kappa shape index (κ3) is 4.90. The van der Waals surface area contributed by atoms with Crippen LogP contribution < -0.4 is 14.8 Å². The Labute approximate surface area is 119 Å². The number of para-hydroxylation sites is 1. The molecule has 0 saturated carbocycles. The molecule has 106 valence electrons. The normalized spacial score (nSPS) is 10.2. The summed E-state index contributed by atoms with van der Waals surface area (Å²) in [5.41, 5.74) is 1.15. The van der Waals surface area contributed by atoms with E-state index >= 15 is 0 Å². The molecular weight excluding hydrogens is 252 g/mol. The Morgan fingerprint density at radius 3 is 2.65 bits per heavy atom. The van der Waals surface area contributed by atoms with Crippen molar-refractivity contribution in [2.45, 2.75) is 13.0 Å². The first-order valence-electron chi connectivity index (χ1n) is 6.76. The first-order chi connectivity index (χ1) is 9.88. The van der Waals surface area contributed by atoms with Gasteiger partial charge in [0.05, 0.1) is 13.7 Å². The molecule has 0 aliphatic heterocycles. The lowest BCUT2D eigenvalue weighted by molar-refractivity contribution is 0.308. The fourth-order valence-electron chi connectivity index (χ4n) is 1.77. The minimum absolute atomic E-state index is 0.644. The minimum atomic E-state index is 0.644. The summed E-state index contributed by atoms with van der Waals surface area (Å²) in [6.07, 6.45) is 2.80. The number of aromatic nitrogens is 1. The van der Waals surface area contributed by atoms with E-state index in [0.29, 0.717) is 5.88 Å². The first-order valence-corrected chi connectivity index (χ1v) is 6.76. The molecule has 0 atom stereocenters. The van der Waals surface area contributed by atoms with Crippen LogP contribution >= 0.6 is 0 Å². The number of nitrogens with one attached hydrogen (secondary N) is 1. The lowest BCUT2D eigenvalue weighted by Gasteiger charge is -2.07. The van der Waals surface area contributed by atoms with E-state index in [4.69, 9.17) is 9.47 Å². The van der Waals surface area contributed by atoms with E-state index in [0.717, 1.165) is 37.4 Å². The molecule has 0 bridgehead atoms. The van der Waals surface area contributed by atoms with Gasteiger partial charge < -0.3 is 14.8 Å². The average molecular weight is 272 g/mol. The van der Waals surface area contributed by atoms with Crippen LogP contribution in [0.25, 0.3) is 0 Å². The number of hydrogen-bond donors (Lipinski definition) is 1. The Kier molecular flexibility index (Phi) is 5.86. The van der Waals surface area contributed by atoms with Crippen molar-refractivity contribution in [2.24, 2.45) is 0 Å². The van der Waals surface area contributed by atoms with Gasteiger partial charge in [0.1, 0.15) is 5.75 Å². The van der Waals surface area contributed by atoms with Gasteiger partial charge in [-0.15, -0.1) is 0 Å². The van der Waals surface area contributed by atoms with Crippen molar-refractivity contribution in [3.8, 4) is 11.6 Å². The maximum absolute atomic E-state index is 5.62. The monoisotopic (exact) mass is 272 g/mol. The minimum Gasteiger partial charge on any atom is -0.494 e. The average Bonchev–Trinajstić information content (AvgIpc) is 2.52. The third-order valence-corrected chi connectivity index (χ3v) is 2.85. The molecule has 1 aromatic heterocycles. The van der Waals surface area contributed by atoms with Gasteiger partial charge in [-0.2, -0.15) is 0 Å². The van der Waals surface area contributed by atoms with Gasteiger partial charge in [0.2, 0.25) is 5.88 Å². The topological polar surface area (TPSA) is 43.4 Å². The van der Waals surface area contributed by atoms with E-state index in [1.807, 2.05) is 48.7 Å². The van der Waals surface area contributed by atoms with Gasteiger partial charge in [-0.3, -0.25) is 0 Å². The van der Waals surface area contributed by atoms with E-state index in [-0.39, 0.29) is 0 Å². The maximum Gasteiger partial charge on any atom is 0.212 e. The van der Waals surface area contributed by atoms with E-state index < -0.39 is 0 Å². The summed E-state index contributed by atoms with van der Waals surface area (Å²) in [6.45, 7) is 2.44. The summed E-state index contributed by atoms with van der Waals surface area (Å²) in [4.78, 5) is 4.16. The van der Waals surface area contributed by atoms with E-state index in [9.17, 15) is 0 Å². The van der Waals surface area contributed by atoms with Crippen LogP contribution in [0.4, 0.5) is 0 Å². The quantitative estimate of drug-likeness (QED) is 0.750. The van der Waals surface area contributed by atoms with Crippen molar-refractivity contribution in [1.82, 2.24) is 10.3 Å². The number of methoxy groups -OCH3 is 1. The van der Waals surface area contributed by atoms with Gasteiger partial charge in [0.15, 0.2) is 0 Å². The molecule has 20 heavy (non-hydrogen) atoms. The lowest BCUT2D eigenvalue weighted by atomic mass is 10.3. The molecule has 0 amide bonds. The molecule has 0 spiro atoms. The summed E-state index contributed by atoms with van der Waals surface area (Å²) in [5.74, 6) is 1.57. The fraction of sp³-hybridized carbons (Fsp3) is 0.312. The van der Waals surface area contributed by atoms with Crippen LogP contribution in [-0.4, -0.2) is 25.2 Å². The zero-order valence-electron chi connectivity index (χ0n) is 11.7. The fourth-order valence-corrected chi connectivity index (χ4v) is 1.77. The molecule has 2 aromatic rings. The van der Waals surface area contributed by atoms with Crippen molar-refractivity contribution in [1.29, 1.82) is 0 Å². The molecule has 0 unspecified atom stereocenters. The second-order valence-electron chi connectivity index (χ2n) is 4.40. The second kappa shape index (κ2) is 8.17. The Bertz CT molecular complexity index is 486. The van der Waals surface area contributed by atoms with Crippen LogP contribution in [-0.2, 0) is 6.54 Å². The molecule has 2 rings (SSSR count). The number of pyridine rings is 1. The van der Waals surface area contributed by atoms with Crippen LogP contribution in [0, 0.1) is 0 Å². The highest BCUT2D eigenvalue weighted by molar-refractivity contribution is 5.20. The molecule has 0 aliphatic carbocycles. The molecule has 1 aromatic carbocycles. The Hall–Kier alpha value is -2.07. The van der Waals surface area contributed by atoms with Crippen LogP contribution in [0.5, 0.6) is 11.6 Å². The molecule has 4 heteroatoms. The van der Waals surface area contributed by atoms with Crippen molar-refractivity contribution >= 4 is 0 Å². The highest BCUT2D eigenvalue weighted by atomic mass is 16.5. The summed E-state index contributed by atoms with van der Waals surface area (Å²) < 4.78 is 10.6. The van der Waals surface area contributed by atoms with Crippen molar-refractivity contribution in [3.63, 3.8) is 0 Å². The summed E-state index contributed by atoms with van der Waals surface area (Å²) in [5, 5.41) is 3.36. The maximum atomic E-state index is 5.62. The predicted octanol–water partition coefficient (Wildman–Crippen LogP) is 2.65. The predicted molar refractivity (Wildman–Crippen MR) is 79.0 cm³/mol. The van der Waals surface area contributed by atoms with Crippen LogP contribution in [0.3, 0.4) is 0 Å². The van der Waals surface area contributed by atoms with Crippen LogP contribution in [0.1, 0.15) is 12.0 Å². The van der Waals surface area contributed by atoms with Gasteiger partial charge >= 0.3 is 0 Å². The number of hydrogen-bond acceptors (Lipinski definition) is 4. The van der Waals surface area contributed by atoms with Gasteiger partial charge in [0.25, 0.3) is 0 Å². The van der Waals surface area contributed by atoms with Crippen molar-refractivity contribution in [3.05, 3.63) is 54.2 Å². The zero-order valence-corrected chi connectivity index (χ0v) is 11.7. The number of nitrogens with zero attached hydrogens (tertiary/aromatic N) is 1. The smallest absolute Gasteiger partial charge is 0.212 e. The summed E-state index contributed by atoms with van der Waals surface area (Å²) >= 11 is 0. The summed E-state index contributed by atoms with van der Waals surface area (Å²) in [6, 6.07) is 13.8. The second-order valence-corrected chi connectivity index (χ2v) is 4.40. The number of rotatable bonds is 8. The van der Waals surface area contributed by atoms with Crippen molar-refractivity contribution in [2.75, 3.05) is 20.3 Å². The molecule has 1 heterocycles. The molecular formula is C16H20N2O2. The highest BCUT2D eigenvalue weighted by Gasteiger charge is 1.96. The van der Waals surface area contributed by atoms with Gasteiger partial charge in [0, 0.05) is 18.8 Å². The van der Waals surface area contributed by atoms with Gasteiger partial charge in [-0.05, 0) is 30.7 Å². The van der Waals surface area contributed by atoms with Crippen LogP contribution in [0.15, 0.2) is 48.7 Å². The number of benzene rings is 1. The Balaban J connectivity index is 1.57. The highest BCUT2D eigenvalue weighted by Crippen LogP contribution is 2.08. The molecule has 0 saturated heterocycles. The molecule has 4 nitrogen and oxygen atoms in total. The largest absolute Gasteiger partial charge is 0.494 e. The van der Waals surface area contributed by atoms with Crippen molar-refractivity contribution < 1.29 is 9.47 Å². The standard InChI is InChI=1S/C16H20N2O2/c1-19-16-9-8-14(13-18-16)12-17-10-5-11-20-15-6-3-2-4-7-15/h2-4,6-9,13,17H,5,10-12H2,1H3. The molecule has 0 aliphatic rings. The first kappa shape index (κ1) is 14.3. The van der Waals surface area contributed by atoms with Gasteiger partial charge in [-0.1, -0.05) is 24.3 Å². The van der Waals surface area contributed by atoms with E-state index in [1.54, 1.807) is 7.11 Å². The third-order valence-electron chi connectivity index (χ3n) is 2.85. The number of ether oxygens (including phenoxy) is 2. The SMILES string of the molecule is COc1ccc(CNCCCOc2ccccc2)cn1. The van der Waals surface area contributed by atoms with E-state index in [2.05, 4.69) is 10.3 Å². The zero-order chi connectivity index (χ0) is 14.0. The molecule has 0 fully saturated rings. The Morgan fingerprint density at radius 1 is 1.10 bits per heavy atom. The van der Waals surface area contributed by atoms with Gasteiger partial charge in [-0.25, -0.2) is 4.98 Å². The van der Waals surface area contributed by atoms with Crippen LogP contribution in [0.2, 0.25) is 0 Å². The lowest BCUT2D eigenvalue weighted by Crippen LogP contribution is -2.17.